The molecule has 2 heterocycles. The Morgan fingerprint density at radius 1 is 1.33 bits per heavy atom. The van der Waals surface area contributed by atoms with Crippen LogP contribution in [0.15, 0.2) is 0 Å². The van der Waals surface area contributed by atoms with E-state index in [1.807, 2.05) is 4.90 Å². The van der Waals surface area contributed by atoms with Crippen molar-refractivity contribution in [2.24, 2.45) is 11.3 Å². The fourth-order valence-electron chi connectivity index (χ4n) is 3.77. The first-order valence-electron chi connectivity index (χ1n) is 8.29. The fraction of sp³-hybridized carbons (Fsp3) is 0.875. The summed E-state index contributed by atoms with van der Waals surface area (Å²) in [5.41, 5.74) is -0.181. The monoisotopic (exact) mass is 296 g/mol. The van der Waals surface area contributed by atoms with Crippen LogP contribution >= 0.6 is 0 Å². The number of rotatable bonds is 5. The number of carboxylic acids is 1. The molecular formula is C16H28N2O3. The Balaban J connectivity index is 1.95. The molecule has 2 aliphatic heterocycles. The largest absolute Gasteiger partial charge is 0.481 e. The summed E-state index contributed by atoms with van der Waals surface area (Å²) in [5.74, 6) is -0.0669. The Kier molecular flexibility index (Phi) is 5.62. The van der Waals surface area contributed by atoms with E-state index in [-0.39, 0.29) is 11.8 Å². The number of aliphatic carboxylic acids is 1. The van der Waals surface area contributed by atoms with E-state index in [0.717, 1.165) is 58.3 Å². The van der Waals surface area contributed by atoms with Crippen LogP contribution in [0, 0.1) is 11.3 Å². The maximum atomic E-state index is 13.0. The molecule has 2 fully saturated rings. The number of nitrogens with zero attached hydrogens (tertiary/aromatic N) is 1. The molecular weight excluding hydrogens is 268 g/mol. The quantitative estimate of drug-likeness (QED) is 0.812. The normalized spacial score (nSPS) is 25.6. The van der Waals surface area contributed by atoms with Gasteiger partial charge < -0.3 is 15.3 Å². The third kappa shape index (κ3) is 3.96. The maximum absolute atomic E-state index is 13.0. The van der Waals surface area contributed by atoms with E-state index in [1.54, 1.807) is 0 Å². The van der Waals surface area contributed by atoms with Gasteiger partial charge in [-0.15, -0.1) is 0 Å². The number of carboxylic acid groups (broad SMARTS) is 1. The molecule has 0 saturated carbocycles. The molecule has 1 unspecified atom stereocenters. The molecule has 0 radical (unpaired) electrons. The van der Waals surface area contributed by atoms with Crippen molar-refractivity contribution in [3.8, 4) is 0 Å². The minimum atomic E-state index is -0.734. The van der Waals surface area contributed by atoms with Gasteiger partial charge in [0.05, 0.1) is 5.41 Å². The Morgan fingerprint density at radius 2 is 2.05 bits per heavy atom. The van der Waals surface area contributed by atoms with Gasteiger partial charge in [-0.3, -0.25) is 9.59 Å². The molecule has 0 aromatic rings. The molecule has 0 bridgehead atoms. The minimum Gasteiger partial charge on any atom is -0.481 e. The highest BCUT2D eigenvalue weighted by atomic mass is 16.4. The predicted octanol–water partition coefficient (Wildman–Crippen LogP) is 1.87. The van der Waals surface area contributed by atoms with Crippen molar-refractivity contribution in [1.82, 2.24) is 10.2 Å². The van der Waals surface area contributed by atoms with Crippen LogP contribution in [0.1, 0.15) is 51.9 Å². The molecule has 5 heteroatoms. The third-order valence-corrected chi connectivity index (χ3v) is 5.26. The van der Waals surface area contributed by atoms with E-state index in [0.29, 0.717) is 18.2 Å². The molecule has 120 valence electrons. The molecule has 2 rings (SSSR count). The molecule has 2 N–H and O–H groups in total. The zero-order valence-electron chi connectivity index (χ0n) is 13.1. The summed E-state index contributed by atoms with van der Waals surface area (Å²) >= 11 is 0. The molecule has 2 aliphatic rings. The van der Waals surface area contributed by atoms with Gasteiger partial charge in [-0.05, 0) is 57.5 Å². The molecule has 5 nitrogen and oxygen atoms in total. The smallest absolute Gasteiger partial charge is 0.303 e. The number of nitrogens with one attached hydrogen (secondary N) is 1. The van der Waals surface area contributed by atoms with Crippen molar-refractivity contribution in [2.45, 2.75) is 51.9 Å². The summed E-state index contributed by atoms with van der Waals surface area (Å²) in [6.07, 6.45) is 5.74. The Labute approximate surface area is 127 Å². The van der Waals surface area contributed by atoms with Gasteiger partial charge >= 0.3 is 5.97 Å². The molecule has 1 amide bonds. The van der Waals surface area contributed by atoms with Gasteiger partial charge in [-0.25, -0.2) is 0 Å². The SMILES string of the molecule is CCC1(C(=O)N2CCCC(CCC(=O)O)C2)CCNCC1. The lowest BCUT2D eigenvalue weighted by atomic mass is 9.75. The summed E-state index contributed by atoms with van der Waals surface area (Å²) < 4.78 is 0. The predicted molar refractivity (Wildman–Crippen MR) is 81.0 cm³/mol. The lowest BCUT2D eigenvalue weighted by Crippen LogP contribution is -2.51. The fourth-order valence-corrected chi connectivity index (χ4v) is 3.77. The lowest BCUT2D eigenvalue weighted by Gasteiger charge is -2.42. The lowest BCUT2D eigenvalue weighted by molar-refractivity contribution is -0.146. The summed E-state index contributed by atoms with van der Waals surface area (Å²) in [6, 6.07) is 0. The van der Waals surface area contributed by atoms with Gasteiger partial charge in [0.2, 0.25) is 5.91 Å². The molecule has 0 aromatic carbocycles. The number of amides is 1. The average Bonchev–Trinajstić information content (AvgIpc) is 2.53. The zero-order chi connectivity index (χ0) is 15.3. The number of hydrogen-bond donors (Lipinski definition) is 2. The molecule has 1 atom stereocenters. The van der Waals surface area contributed by atoms with E-state index in [9.17, 15) is 9.59 Å². The molecule has 0 spiro atoms. The van der Waals surface area contributed by atoms with Crippen molar-refractivity contribution in [3.05, 3.63) is 0 Å². The van der Waals surface area contributed by atoms with Crippen LogP contribution in [0.2, 0.25) is 0 Å². The van der Waals surface area contributed by atoms with Crippen LogP contribution < -0.4 is 5.32 Å². The van der Waals surface area contributed by atoms with Crippen molar-refractivity contribution >= 4 is 11.9 Å². The van der Waals surface area contributed by atoms with Gasteiger partial charge in [0.15, 0.2) is 0 Å². The average molecular weight is 296 g/mol. The number of piperidine rings is 2. The highest BCUT2D eigenvalue weighted by Gasteiger charge is 2.41. The Hall–Kier alpha value is -1.10. The second-order valence-corrected chi connectivity index (χ2v) is 6.58. The minimum absolute atomic E-state index is 0.181. The van der Waals surface area contributed by atoms with E-state index in [4.69, 9.17) is 5.11 Å². The molecule has 0 aliphatic carbocycles. The van der Waals surface area contributed by atoms with E-state index >= 15 is 0 Å². The molecule has 2 saturated heterocycles. The topological polar surface area (TPSA) is 69.6 Å². The van der Waals surface area contributed by atoms with Gasteiger partial charge in [-0.1, -0.05) is 6.92 Å². The van der Waals surface area contributed by atoms with Crippen LogP contribution in [0.3, 0.4) is 0 Å². The number of carbonyl (C=O) groups is 2. The maximum Gasteiger partial charge on any atom is 0.303 e. The van der Waals surface area contributed by atoms with Crippen molar-refractivity contribution in [2.75, 3.05) is 26.2 Å². The van der Waals surface area contributed by atoms with Crippen LogP contribution in [0.25, 0.3) is 0 Å². The number of likely N-dealkylation sites (tertiary alicyclic amines) is 1. The number of carbonyl (C=O) groups excluding carboxylic acids is 1. The summed E-state index contributed by atoms with van der Waals surface area (Å²) in [5, 5.41) is 12.2. The third-order valence-electron chi connectivity index (χ3n) is 5.26. The van der Waals surface area contributed by atoms with Crippen molar-refractivity contribution < 1.29 is 14.7 Å². The Morgan fingerprint density at radius 3 is 2.67 bits per heavy atom. The number of hydrogen-bond acceptors (Lipinski definition) is 3. The van der Waals surface area contributed by atoms with Gasteiger partial charge in [0.1, 0.15) is 0 Å². The second-order valence-electron chi connectivity index (χ2n) is 6.58. The van der Waals surface area contributed by atoms with Gasteiger partial charge in [-0.2, -0.15) is 0 Å². The highest BCUT2D eigenvalue weighted by Crippen LogP contribution is 2.36. The van der Waals surface area contributed by atoms with Gasteiger partial charge in [0, 0.05) is 19.5 Å². The molecule has 0 aromatic heterocycles. The van der Waals surface area contributed by atoms with Crippen LogP contribution in [-0.4, -0.2) is 48.1 Å². The van der Waals surface area contributed by atoms with Crippen LogP contribution in [0.5, 0.6) is 0 Å². The first-order valence-corrected chi connectivity index (χ1v) is 8.29. The summed E-state index contributed by atoms with van der Waals surface area (Å²) in [7, 11) is 0. The van der Waals surface area contributed by atoms with Crippen molar-refractivity contribution in [1.29, 1.82) is 0 Å². The first kappa shape index (κ1) is 16.3. The first-order chi connectivity index (χ1) is 10.1. The highest BCUT2D eigenvalue weighted by molar-refractivity contribution is 5.83. The molecule has 21 heavy (non-hydrogen) atoms. The summed E-state index contributed by atoms with van der Waals surface area (Å²) in [6.45, 7) is 5.57. The van der Waals surface area contributed by atoms with Crippen LogP contribution in [0.4, 0.5) is 0 Å². The second kappa shape index (κ2) is 7.25. The van der Waals surface area contributed by atoms with Gasteiger partial charge in [0.25, 0.3) is 0 Å². The standard InChI is InChI=1S/C16H28N2O3/c1-2-16(7-9-17-10-8-16)15(21)18-11-3-4-13(12-18)5-6-14(19)20/h13,17H,2-12H2,1H3,(H,19,20). The van der Waals surface area contributed by atoms with E-state index < -0.39 is 5.97 Å². The van der Waals surface area contributed by atoms with Crippen LogP contribution in [-0.2, 0) is 9.59 Å². The van der Waals surface area contributed by atoms with E-state index in [1.165, 1.54) is 0 Å². The van der Waals surface area contributed by atoms with E-state index in [2.05, 4.69) is 12.2 Å². The Bertz CT molecular complexity index is 378. The zero-order valence-corrected chi connectivity index (χ0v) is 13.1. The summed E-state index contributed by atoms with van der Waals surface area (Å²) in [4.78, 5) is 25.7. The van der Waals surface area contributed by atoms with Crippen molar-refractivity contribution in [3.63, 3.8) is 0 Å².